The van der Waals surface area contributed by atoms with E-state index in [1.54, 1.807) is 27.5 Å². The molecule has 1 saturated heterocycles. The number of pyridine rings is 1. The molecule has 2 aromatic rings. The number of carbonyl (C=O) groups is 1. The monoisotopic (exact) mass is 386 g/mol. The molecule has 2 heterocycles. The second-order valence-corrected chi connectivity index (χ2v) is 6.70. The fraction of sp³-hybridized carbons (Fsp3) is 0.429. The molecule has 0 saturated carbocycles. The van der Waals surface area contributed by atoms with E-state index in [0.717, 1.165) is 17.7 Å². The van der Waals surface area contributed by atoms with Crippen molar-refractivity contribution in [2.45, 2.75) is 31.3 Å². The largest absolute Gasteiger partial charge is 0.493 e. The molecule has 1 fully saturated rings. The molecule has 0 aliphatic carbocycles. The van der Waals surface area contributed by atoms with Gasteiger partial charge in [0.05, 0.1) is 21.3 Å². The van der Waals surface area contributed by atoms with Crippen LogP contribution in [0.3, 0.4) is 0 Å². The number of methoxy groups -OCH3 is 3. The van der Waals surface area contributed by atoms with Crippen LogP contribution in [0.4, 0.5) is 0 Å². The molecule has 0 radical (unpaired) electrons. The van der Waals surface area contributed by atoms with E-state index < -0.39 is 12.0 Å². The third-order valence-corrected chi connectivity index (χ3v) is 5.20. The number of nitrogens with zero attached hydrogens (tertiary/aromatic N) is 2. The molecule has 0 bridgehead atoms. The van der Waals surface area contributed by atoms with Gasteiger partial charge in [0.2, 0.25) is 5.75 Å². The first-order valence-corrected chi connectivity index (χ1v) is 9.28. The maximum atomic E-state index is 11.8. The molecule has 1 aromatic carbocycles. The first-order chi connectivity index (χ1) is 13.6. The lowest BCUT2D eigenvalue weighted by atomic mass is 9.97. The van der Waals surface area contributed by atoms with E-state index in [0.29, 0.717) is 36.6 Å². The van der Waals surface area contributed by atoms with Crippen LogP contribution in [0.5, 0.6) is 17.2 Å². The van der Waals surface area contributed by atoms with Crippen molar-refractivity contribution in [2.24, 2.45) is 0 Å². The van der Waals surface area contributed by atoms with E-state index >= 15 is 0 Å². The van der Waals surface area contributed by atoms with Crippen molar-refractivity contribution >= 4 is 5.97 Å². The first kappa shape index (κ1) is 19.9. The summed E-state index contributed by atoms with van der Waals surface area (Å²) in [5.74, 6) is 0.817. The number of ether oxygens (including phenoxy) is 3. The van der Waals surface area contributed by atoms with Gasteiger partial charge in [-0.3, -0.25) is 14.7 Å². The smallest absolute Gasteiger partial charge is 0.320 e. The second kappa shape index (κ2) is 8.93. The number of rotatable bonds is 8. The summed E-state index contributed by atoms with van der Waals surface area (Å²) in [6.45, 7) is 0.700. The normalized spacial score (nSPS) is 17.9. The lowest BCUT2D eigenvalue weighted by Gasteiger charge is -2.32. The Morgan fingerprint density at radius 1 is 1.18 bits per heavy atom. The number of benzene rings is 1. The molecule has 28 heavy (non-hydrogen) atoms. The lowest BCUT2D eigenvalue weighted by molar-refractivity contribution is -0.143. The zero-order valence-electron chi connectivity index (χ0n) is 16.4. The number of aliphatic carboxylic acids is 1. The molecule has 3 rings (SSSR count). The van der Waals surface area contributed by atoms with E-state index in [1.165, 1.54) is 0 Å². The van der Waals surface area contributed by atoms with E-state index in [1.807, 2.05) is 35.2 Å². The lowest BCUT2D eigenvalue weighted by Crippen LogP contribution is -2.39. The van der Waals surface area contributed by atoms with E-state index in [2.05, 4.69) is 4.98 Å². The minimum absolute atomic E-state index is 0.215. The molecule has 150 valence electrons. The van der Waals surface area contributed by atoms with Gasteiger partial charge in [-0.2, -0.15) is 0 Å². The summed E-state index contributed by atoms with van der Waals surface area (Å²) in [5.41, 5.74) is 1.75. The maximum absolute atomic E-state index is 11.8. The van der Waals surface area contributed by atoms with Gasteiger partial charge in [-0.05, 0) is 43.7 Å². The molecule has 7 heteroatoms. The number of hydrogen-bond donors (Lipinski definition) is 1. The zero-order valence-corrected chi connectivity index (χ0v) is 16.4. The Morgan fingerprint density at radius 2 is 1.96 bits per heavy atom. The van der Waals surface area contributed by atoms with Gasteiger partial charge in [-0.15, -0.1) is 0 Å². The highest BCUT2D eigenvalue weighted by Gasteiger charge is 2.38. The van der Waals surface area contributed by atoms with Gasteiger partial charge in [-0.1, -0.05) is 6.07 Å². The van der Waals surface area contributed by atoms with Crippen molar-refractivity contribution in [3.8, 4) is 17.2 Å². The summed E-state index contributed by atoms with van der Waals surface area (Å²) in [6, 6.07) is 8.75. The molecular formula is C21H26N2O5. The molecule has 1 N–H and O–H groups in total. The summed E-state index contributed by atoms with van der Waals surface area (Å²) in [6.07, 6.45) is 3.78. The van der Waals surface area contributed by atoms with Crippen molar-refractivity contribution in [3.63, 3.8) is 0 Å². The van der Waals surface area contributed by atoms with Crippen LogP contribution in [-0.2, 0) is 11.2 Å². The van der Waals surface area contributed by atoms with Crippen LogP contribution in [-0.4, -0.2) is 54.9 Å². The first-order valence-electron chi connectivity index (χ1n) is 9.28. The predicted molar refractivity (Wildman–Crippen MR) is 104 cm³/mol. The Morgan fingerprint density at radius 3 is 2.57 bits per heavy atom. The molecule has 0 amide bonds. The highest BCUT2D eigenvalue weighted by atomic mass is 16.5. The maximum Gasteiger partial charge on any atom is 0.320 e. The van der Waals surface area contributed by atoms with Gasteiger partial charge in [0.1, 0.15) is 6.04 Å². The van der Waals surface area contributed by atoms with Crippen LogP contribution in [0.2, 0.25) is 0 Å². The summed E-state index contributed by atoms with van der Waals surface area (Å²) < 4.78 is 16.6. The second-order valence-electron chi connectivity index (χ2n) is 6.70. The minimum Gasteiger partial charge on any atom is -0.493 e. The molecule has 0 spiro atoms. The van der Waals surface area contributed by atoms with Gasteiger partial charge in [0, 0.05) is 29.9 Å². The van der Waals surface area contributed by atoms with Gasteiger partial charge < -0.3 is 19.3 Å². The fourth-order valence-electron chi connectivity index (χ4n) is 3.94. The third-order valence-electron chi connectivity index (χ3n) is 5.20. The standard InChI is InChI=1S/C21H26N2O5/c1-26-18-10-9-15(19(27-2)20(18)28-3)17(13-14-7-4-5-11-22-14)23-12-6-8-16(23)21(24)25/h4-5,7,9-11,16-17H,6,8,12-13H2,1-3H3,(H,24,25). The Kier molecular flexibility index (Phi) is 6.36. The van der Waals surface area contributed by atoms with Gasteiger partial charge in [-0.25, -0.2) is 0 Å². The summed E-state index contributed by atoms with van der Waals surface area (Å²) in [4.78, 5) is 18.3. The summed E-state index contributed by atoms with van der Waals surface area (Å²) in [5, 5.41) is 9.72. The fourth-order valence-corrected chi connectivity index (χ4v) is 3.94. The average molecular weight is 386 g/mol. The Hall–Kier alpha value is -2.80. The van der Waals surface area contributed by atoms with Crippen LogP contribution < -0.4 is 14.2 Å². The van der Waals surface area contributed by atoms with E-state index in [-0.39, 0.29) is 6.04 Å². The van der Waals surface area contributed by atoms with Gasteiger partial charge >= 0.3 is 5.97 Å². The Labute approximate surface area is 164 Å². The van der Waals surface area contributed by atoms with Crippen LogP contribution in [0.25, 0.3) is 0 Å². The van der Waals surface area contributed by atoms with Crippen molar-refractivity contribution in [1.29, 1.82) is 0 Å². The van der Waals surface area contributed by atoms with Crippen molar-refractivity contribution < 1.29 is 24.1 Å². The minimum atomic E-state index is -0.803. The van der Waals surface area contributed by atoms with Crippen LogP contribution in [0.15, 0.2) is 36.5 Å². The van der Waals surface area contributed by atoms with Crippen molar-refractivity contribution in [2.75, 3.05) is 27.9 Å². The number of likely N-dealkylation sites (tertiary alicyclic amines) is 1. The van der Waals surface area contributed by atoms with E-state index in [9.17, 15) is 9.90 Å². The third kappa shape index (κ3) is 3.89. The highest BCUT2D eigenvalue weighted by molar-refractivity contribution is 5.74. The summed E-state index contributed by atoms with van der Waals surface area (Å²) >= 11 is 0. The quantitative estimate of drug-likeness (QED) is 0.747. The van der Waals surface area contributed by atoms with Crippen LogP contribution >= 0.6 is 0 Å². The summed E-state index contributed by atoms with van der Waals surface area (Å²) in [7, 11) is 4.72. The molecular weight excluding hydrogens is 360 g/mol. The Balaban J connectivity index is 2.10. The van der Waals surface area contributed by atoms with E-state index in [4.69, 9.17) is 14.2 Å². The number of hydrogen-bond acceptors (Lipinski definition) is 6. The molecule has 1 aliphatic rings. The van der Waals surface area contributed by atoms with Crippen LogP contribution in [0, 0.1) is 0 Å². The SMILES string of the molecule is COc1ccc(C(Cc2ccccn2)N2CCCC2C(=O)O)c(OC)c1OC. The zero-order chi connectivity index (χ0) is 20.1. The predicted octanol–water partition coefficient (Wildman–Crippen LogP) is 2.94. The van der Waals surface area contributed by atoms with Crippen LogP contribution in [0.1, 0.15) is 30.1 Å². The molecule has 1 aliphatic heterocycles. The Bertz CT molecular complexity index is 812. The number of carboxylic acid groups (broad SMARTS) is 1. The molecule has 1 aromatic heterocycles. The van der Waals surface area contributed by atoms with Crippen molar-refractivity contribution in [1.82, 2.24) is 9.88 Å². The molecule has 7 nitrogen and oxygen atoms in total. The molecule has 2 unspecified atom stereocenters. The number of aromatic nitrogens is 1. The average Bonchev–Trinajstić information content (AvgIpc) is 3.21. The topological polar surface area (TPSA) is 81.1 Å². The molecule has 2 atom stereocenters. The van der Waals surface area contributed by atoms with Gasteiger partial charge in [0.15, 0.2) is 11.5 Å². The van der Waals surface area contributed by atoms with Gasteiger partial charge in [0.25, 0.3) is 0 Å². The number of carboxylic acids is 1. The van der Waals surface area contributed by atoms with Crippen molar-refractivity contribution in [3.05, 3.63) is 47.8 Å². The highest BCUT2D eigenvalue weighted by Crippen LogP contribution is 2.45.